The molecule has 1 atom stereocenters. The Balaban J connectivity index is 2.87. The van der Waals surface area contributed by atoms with E-state index in [9.17, 15) is 10.1 Å². The molecule has 1 unspecified atom stereocenters. The Bertz CT molecular complexity index is 363. The maximum atomic E-state index is 10.5. The third-order valence-corrected chi connectivity index (χ3v) is 2.09. The Morgan fingerprint density at radius 3 is 2.80 bits per heavy atom. The standard InChI is InChI=1S/C10H14N2O3/c1-10(11,7-13)6-8-3-2-4-9(5-8)12(14)15/h2-5,13H,6-7,11H2,1H3. The molecule has 0 aromatic heterocycles. The van der Waals surface area contributed by atoms with E-state index in [0.717, 1.165) is 5.56 Å². The summed E-state index contributed by atoms with van der Waals surface area (Å²) in [6, 6.07) is 6.27. The van der Waals surface area contributed by atoms with Crippen molar-refractivity contribution in [2.24, 2.45) is 5.73 Å². The van der Waals surface area contributed by atoms with Crippen molar-refractivity contribution in [1.82, 2.24) is 0 Å². The van der Waals surface area contributed by atoms with Gasteiger partial charge in [-0.2, -0.15) is 0 Å². The van der Waals surface area contributed by atoms with Crippen LogP contribution in [0.4, 0.5) is 5.69 Å². The van der Waals surface area contributed by atoms with Crippen molar-refractivity contribution in [3.63, 3.8) is 0 Å². The van der Waals surface area contributed by atoms with E-state index in [1.165, 1.54) is 12.1 Å². The fraction of sp³-hybridized carbons (Fsp3) is 0.400. The lowest BCUT2D eigenvalue weighted by atomic mass is 9.95. The molecule has 0 amide bonds. The first-order valence-corrected chi connectivity index (χ1v) is 4.58. The minimum Gasteiger partial charge on any atom is -0.394 e. The molecule has 0 aliphatic heterocycles. The molecule has 0 fully saturated rings. The highest BCUT2D eigenvalue weighted by Gasteiger charge is 2.18. The quantitative estimate of drug-likeness (QED) is 0.569. The van der Waals surface area contributed by atoms with E-state index >= 15 is 0 Å². The highest BCUT2D eigenvalue weighted by atomic mass is 16.6. The van der Waals surface area contributed by atoms with Gasteiger partial charge in [0.1, 0.15) is 0 Å². The molecule has 0 bridgehead atoms. The number of non-ortho nitro benzene ring substituents is 1. The number of nitro groups is 1. The van der Waals surface area contributed by atoms with Crippen LogP contribution in [-0.2, 0) is 6.42 Å². The summed E-state index contributed by atoms with van der Waals surface area (Å²) in [6.07, 6.45) is 0.408. The number of aliphatic hydroxyl groups is 1. The summed E-state index contributed by atoms with van der Waals surface area (Å²) < 4.78 is 0. The molecule has 0 aliphatic carbocycles. The van der Waals surface area contributed by atoms with Gasteiger partial charge in [-0.3, -0.25) is 10.1 Å². The molecule has 5 nitrogen and oxygen atoms in total. The number of rotatable bonds is 4. The molecule has 0 aliphatic rings. The van der Waals surface area contributed by atoms with Crippen molar-refractivity contribution in [3.8, 4) is 0 Å². The second kappa shape index (κ2) is 4.37. The number of nitrogens with zero attached hydrogens (tertiary/aromatic N) is 1. The number of hydrogen-bond acceptors (Lipinski definition) is 4. The summed E-state index contributed by atoms with van der Waals surface area (Å²) in [5, 5.41) is 19.5. The first-order chi connectivity index (χ1) is 6.94. The molecule has 0 heterocycles. The zero-order valence-corrected chi connectivity index (χ0v) is 8.51. The van der Waals surface area contributed by atoms with Gasteiger partial charge in [-0.25, -0.2) is 0 Å². The lowest BCUT2D eigenvalue weighted by molar-refractivity contribution is -0.384. The largest absolute Gasteiger partial charge is 0.394 e. The van der Waals surface area contributed by atoms with Crippen molar-refractivity contribution in [1.29, 1.82) is 0 Å². The number of hydrogen-bond donors (Lipinski definition) is 2. The maximum absolute atomic E-state index is 10.5. The van der Waals surface area contributed by atoms with Gasteiger partial charge in [0, 0.05) is 17.7 Å². The Morgan fingerprint density at radius 2 is 2.27 bits per heavy atom. The van der Waals surface area contributed by atoms with Crippen LogP contribution in [-0.4, -0.2) is 22.2 Å². The first kappa shape index (κ1) is 11.6. The molecule has 82 valence electrons. The smallest absolute Gasteiger partial charge is 0.269 e. The summed E-state index contributed by atoms with van der Waals surface area (Å²) in [4.78, 5) is 10.1. The van der Waals surface area contributed by atoms with Crippen molar-refractivity contribution in [3.05, 3.63) is 39.9 Å². The summed E-state index contributed by atoms with van der Waals surface area (Å²) in [5.74, 6) is 0. The fourth-order valence-electron chi connectivity index (χ4n) is 1.30. The van der Waals surface area contributed by atoms with Crippen molar-refractivity contribution in [2.45, 2.75) is 18.9 Å². The van der Waals surface area contributed by atoms with Crippen molar-refractivity contribution in [2.75, 3.05) is 6.61 Å². The van der Waals surface area contributed by atoms with Gasteiger partial charge in [0.15, 0.2) is 0 Å². The molecule has 0 saturated heterocycles. The third kappa shape index (κ3) is 3.30. The highest BCUT2D eigenvalue weighted by Crippen LogP contribution is 2.16. The van der Waals surface area contributed by atoms with Crippen molar-refractivity contribution < 1.29 is 10.0 Å². The normalized spacial score (nSPS) is 14.6. The van der Waals surface area contributed by atoms with E-state index in [1.54, 1.807) is 19.1 Å². The summed E-state index contributed by atoms with van der Waals surface area (Å²) in [5.41, 5.74) is 5.81. The molecular formula is C10H14N2O3. The summed E-state index contributed by atoms with van der Waals surface area (Å²) in [6.45, 7) is 1.54. The second-order valence-corrected chi connectivity index (χ2v) is 3.92. The van der Waals surface area contributed by atoms with Gasteiger partial charge in [0.05, 0.1) is 11.5 Å². The minimum absolute atomic E-state index is 0.0428. The van der Waals surface area contributed by atoms with Gasteiger partial charge < -0.3 is 10.8 Å². The molecule has 0 spiro atoms. The molecular weight excluding hydrogens is 196 g/mol. The molecule has 0 saturated carbocycles. The van der Waals surface area contributed by atoms with Crippen LogP contribution in [0.1, 0.15) is 12.5 Å². The van der Waals surface area contributed by atoms with Gasteiger partial charge in [0.2, 0.25) is 0 Å². The predicted molar refractivity (Wildman–Crippen MR) is 56.5 cm³/mol. The van der Waals surface area contributed by atoms with Gasteiger partial charge >= 0.3 is 0 Å². The average Bonchev–Trinajstić information content (AvgIpc) is 2.17. The lowest BCUT2D eigenvalue weighted by Crippen LogP contribution is -2.42. The Hall–Kier alpha value is -1.46. The molecule has 0 radical (unpaired) electrons. The number of aliphatic hydroxyl groups excluding tert-OH is 1. The van der Waals surface area contributed by atoms with Gasteiger partial charge in [-0.1, -0.05) is 12.1 Å². The van der Waals surface area contributed by atoms with Crippen molar-refractivity contribution >= 4 is 5.69 Å². The highest BCUT2D eigenvalue weighted by molar-refractivity contribution is 5.35. The van der Waals surface area contributed by atoms with E-state index in [1.807, 2.05) is 0 Å². The average molecular weight is 210 g/mol. The Kier molecular flexibility index (Phi) is 3.39. The zero-order chi connectivity index (χ0) is 11.5. The molecule has 15 heavy (non-hydrogen) atoms. The van der Waals surface area contributed by atoms with Crippen LogP contribution in [0, 0.1) is 10.1 Å². The van der Waals surface area contributed by atoms with E-state index in [0.29, 0.717) is 6.42 Å². The number of nitro benzene ring substituents is 1. The van der Waals surface area contributed by atoms with E-state index in [-0.39, 0.29) is 12.3 Å². The van der Waals surface area contributed by atoms with Gasteiger partial charge in [-0.05, 0) is 18.9 Å². The first-order valence-electron chi connectivity index (χ1n) is 4.58. The van der Waals surface area contributed by atoms with Gasteiger partial charge in [0.25, 0.3) is 5.69 Å². The zero-order valence-electron chi connectivity index (χ0n) is 8.51. The molecule has 1 rings (SSSR count). The molecule has 1 aromatic rings. The maximum Gasteiger partial charge on any atom is 0.269 e. The van der Waals surface area contributed by atoms with Crippen LogP contribution < -0.4 is 5.73 Å². The van der Waals surface area contributed by atoms with E-state index in [4.69, 9.17) is 10.8 Å². The molecule has 5 heteroatoms. The van der Waals surface area contributed by atoms with Gasteiger partial charge in [-0.15, -0.1) is 0 Å². The lowest BCUT2D eigenvalue weighted by Gasteiger charge is -2.21. The summed E-state index contributed by atoms with van der Waals surface area (Å²) in [7, 11) is 0. The molecule has 3 N–H and O–H groups in total. The third-order valence-electron chi connectivity index (χ3n) is 2.09. The number of benzene rings is 1. The number of nitrogens with two attached hydrogens (primary N) is 1. The summed E-state index contributed by atoms with van der Waals surface area (Å²) >= 11 is 0. The van der Waals surface area contributed by atoms with E-state index in [2.05, 4.69) is 0 Å². The Morgan fingerprint density at radius 1 is 1.60 bits per heavy atom. The second-order valence-electron chi connectivity index (χ2n) is 3.92. The van der Waals surface area contributed by atoms with Crippen LogP contribution in [0.5, 0.6) is 0 Å². The van der Waals surface area contributed by atoms with Crippen LogP contribution in [0.15, 0.2) is 24.3 Å². The van der Waals surface area contributed by atoms with Crippen LogP contribution >= 0.6 is 0 Å². The van der Waals surface area contributed by atoms with Crippen LogP contribution in [0.2, 0.25) is 0 Å². The monoisotopic (exact) mass is 210 g/mol. The van der Waals surface area contributed by atoms with Crippen LogP contribution in [0.3, 0.4) is 0 Å². The fourth-order valence-corrected chi connectivity index (χ4v) is 1.30. The van der Waals surface area contributed by atoms with E-state index < -0.39 is 10.5 Å². The SMILES string of the molecule is CC(N)(CO)Cc1cccc([N+](=O)[O-])c1. The molecule has 1 aromatic carbocycles. The topological polar surface area (TPSA) is 89.4 Å². The van der Waals surface area contributed by atoms with Crippen LogP contribution in [0.25, 0.3) is 0 Å². The predicted octanol–water partition coefficient (Wildman–Crippen LogP) is 0.847. The Labute approximate surface area is 87.7 Å². The minimum atomic E-state index is -0.741.